The summed E-state index contributed by atoms with van der Waals surface area (Å²) in [5.74, 6) is 1.23. The Bertz CT molecular complexity index is 976. The molecule has 0 saturated heterocycles. The Kier molecular flexibility index (Phi) is 12.2. The second-order valence-corrected chi connectivity index (χ2v) is 9.44. The van der Waals surface area contributed by atoms with Gasteiger partial charge < -0.3 is 38.5 Å². The lowest BCUT2D eigenvalue weighted by molar-refractivity contribution is -0.152. The molecule has 210 valence electrons. The summed E-state index contributed by atoms with van der Waals surface area (Å²) < 4.78 is 21.5. The Morgan fingerprint density at radius 1 is 0.553 bits per heavy atom. The number of nitrogens with zero attached hydrogens (tertiary/aromatic N) is 4. The monoisotopic (exact) mass is 530 g/mol. The summed E-state index contributed by atoms with van der Waals surface area (Å²) in [5.41, 5.74) is 1.67. The van der Waals surface area contributed by atoms with E-state index in [1.165, 1.54) is 0 Å². The highest BCUT2D eigenvalue weighted by Gasteiger charge is 2.28. The molecule has 0 aromatic heterocycles. The van der Waals surface area contributed by atoms with Crippen LogP contribution in [0.2, 0.25) is 0 Å². The molecule has 2 amide bonds. The van der Waals surface area contributed by atoms with Crippen LogP contribution in [0.4, 0.5) is 0 Å². The number of hydrogen-bond donors (Lipinski definition) is 0. The molecule has 2 aromatic carbocycles. The molecule has 38 heavy (non-hydrogen) atoms. The van der Waals surface area contributed by atoms with Crippen molar-refractivity contribution in [2.75, 3.05) is 82.8 Å². The molecule has 0 aliphatic rings. The van der Waals surface area contributed by atoms with Gasteiger partial charge in [0.15, 0.2) is 23.0 Å². The quantitative estimate of drug-likeness (QED) is 0.344. The van der Waals surface area contributed by atoms with Crippen LogP contribution >= 0.6 is 0 Å². The minimum Gasteiger partial charge on any atom is -0.493 e. The van der Waals surface area contributed by atoms with Gasteiger partial charge in [0.05, 0.1) is 28.4 Å². The minimum atomic E-state index is -0.555. The Labute approximate surface area is 226 Å². The Balaban J connectivity index is 2.33. The number of ether oxygens (including phenoxy) is 4. The standard InChI is InChI=1S/C28H42N4O6/c1-29(2)13-15-31(19-21-9-11-23(35-5)25(17-21)37-7)27(33)28(34)32(16-14-30(3)4)20-22-10-12-24(36-6)26(18-22)38-8/h9-12,17-18H,13-16,19-20H2,1-8H3. The van der Waals surface area contributed by atoms with Crippen molar-refractivity contribution in [1.82, 2.24) is 19.6 Å². The molecule has 0 N–H and O–H groups in total. The van der Waals surface area contributed by atoms with Crippen LogP contribution in [0.5, 0.6) is 23.0 Å². The van der Waals surface area contributed by atoms with E-state index in [1.54, 1.807) is 50.4 Å². The summed E-state index contributed by atoms with van der Waals surface area (Å²) in [4.78, 5) is 34.4. The van der Waals surface area contributed by atoms with Crippen molar-refractivity contribution in [3.8, 4) is 23.0 Å². The molecule has 2 rings (SSSR count). The normalized spacial score (nSPS) is 10.9. The third-order valence-electron chi connectivity index (χ3n) is 6.03. The van der Waals surface area contributed by atoms with E-state index in [4.69, 9.17) is 18.9 Å². The predicted molar refractivity (Wildman–Crippen MR) is 147 cm³/mol. The molecule has 0 aliphatic heterocycles. The molecule has 2 aromatic rings. The molecule has 0 unspecified atom stereocenters. The van der Waals surface area contributed by atoms with Crippen molar-refractivity contribution in [2.24, 2.45) is 0 Å². The van der Waals surface area contributed by atoms with Crippen molar-refractivity contribution in [1.29, 1.82) is 0 Å². The number of rotatable bonds is 14. The number of methoxy groups -OCH3 is 4. The molecule has 0 fully saturated rings. The van der Waals surface area contributed by atoms with E-state index in [9.17, 15) is 9.59 Å². The summed E-state index contributed by atoms with van der Waals surface area (Å²) in [5, 5.41) is 0. The van der Waals surface area contributed by atoms with Gasteiger partial charge in [0.25, 0.3) is 0 Å². The summed E-state index contributed by atoms with van der Waals surface area (Å²) in [6.45, 7) is 2.53. The van der Waals surface area contributed by atoms with Gasteiger partial charge in [-0.1, -0.05) is 12.1 Å². The van der Waals surface area contributed by atoms with Gasteiger partial charge in [0.2, 0.25) is 0 Å². The van der Waals surface area contributed by atoms with Crippen LogP contribution in [0, 0.1) is 0 Å². The Morgan fingerprint density at radius 3 is 1.18 bits per heavy atom. The van der Waals surface area contributed by atoms with Gasteiger partial charge in [0.1, 0.15) is 0 Å². The summed E-state index contributed by atoms with van der Waals surface area (Å²) >= 11 is 0. The number of benzene rings is 2. The number of carbonyl (C=O) groups is 2. The number of amides is 2. The zero-order valence-electron chi connectivity index (χ0n) is 23.9. The fourth-order valence-corrected chi connectivity index (χ4v) is 3.82. The fourth-order valence-electron chi connectivity index (χ4n) is 3.82. The third kappa shape index (κ3) is 8.81. The zero-order valence-corrected chi connectivity index (χ0v) is 23.9. The summed E-state index contributed by atoms with van der Waals surface area (Å²) in [6, 6.07) is 11.0. The smallest absolute Gasteiger partial charge is 0.312 e. The van der Waals surface area contributed by atoms with Crippen molar-refractivity contribution in [3.05, 3.63) is 47.5 Å². The van der Waals surface area contributed by atoms with Crippen LogP contribution in [0.3, 0.4) is 0 Å². The minimum absolute atomic E-state index is 0.261. The van der Waals surface area contributed by atoms with Gasteiger partial charge in [0, 0.05) is 39.3 Å². The molecular formula is C28H42N4O6. The Morgan fingerprint density at radius 2 is 0.895 bits per heavy atom. The molecule has 0 radical (unpaired) electrons. The fraction of sp³-hybridized carbons (Fsp3) is 0.500. The molecule has 0 atom stereocenters. The number of carbonyl (C=O) groups excluding carboxylic acids is 2. The van der Waals surface area contributed by atoms with Gasteiger partial charge in [-0.3, -0.25) is 9.59 Å². The molecule has 10 nitrogen and oxygen atoms in total. The predicted octanol–water partition coefficient (Wildman–Crippen LogP) is 2.20. The maximum Gasteiger partial charge on any atom is 0.312 e. The highest BCUT2D eigenvalue weighted by atomic mass is 16.5. The van der Waals surface area contributed by atoms with Crippen molar-refractivity contribution in [2.45, 2.75) is 13.1 Å². The molecule has 10 heteroatoms. The van der Waals surface area contributed by atoms with E-state index in [0.717, 1.165) is 11.1 Å². The molecule has 0 saturated carbocycles. The largest absolute Gasteiger partial charge is 0.493 e. The van der Waals surface area contributed by atoms with E-state index in [1.807, 2.05) is 62.3 Å². The van der Waals surface area contributed by atoms with E-state index in [0.29, 0.717) is 49.2 Å². The first kappa shape index (κ1) is 30.7. The molecule has 0 spiro atoms. The lowest BCUT2D eigenvalue weighted by Gasteiger charge is -2.29. The number of hydrogen-bond acceptors (Lipinski definition) is 8. The molecular weight excluding hydrogens is 488 g/mol. The van der Waals surface area contributed by atoms with E-state index < -0.39 is 11.8 Å². The van der Waals surface area contributed by atoms with Gasteiger partial charge in [-0.05, 0) is 63.6 Å². The van der Waals surface area contributed by atoms with Gasteiger partial charge in [-0.25, -0.2) is 0 Å². The SMILES string of the molecule is COc1ccc(CN(CCN(C)C)C(=O)C(=O)N(CCN(C)C)Cc2ccc(OC)c(OC)c2)cc1OC. The van der Waals surface area contributed by atoms with Crippen molar-refractivity contribution in [3.63, 3.8) is 0 Å². The van der Waals surface area contributed by atoms with E-state index >= 15 is 0 Å². The third-order valence-corrected chi connectivity index (χ3v) is 6.03. The van der Waals surface area contributed by atoms with Crippen molar-refractivity contribution < 1.29 is 28.5 Å². The van der Waals surface area contributed by atoms with E-state index in [-0.39, 0.29) is 13.1 Å². The van der Waals surface area contributed by atoms with Gasteiger partial charge >= 0.3 is 11.8 Å². The van der Waals surface area contributed by atoms with Gasteiger partial charge in [-0.15, -0.1) is 0 Å². The first-order valence-electron chi connectivity index (χ1n) is 12.4. The summed E-state index contributed by atoms with van der Waals surface area (Å²) in [6.07, 6.45) is 0. The van der Waals surface area contributed by atoms with Crippen LogP contribution in [0.1, 0.15) is 11.1 Å². The average Bonchev–Trinajstić information content (AvgIpc) is 2.91. The highest BCUT2D eigenvalue weighted by Crippen LogP contribution is 2.29. The Hall–Kier alpha value is -3.50. The average molecular weight is 531 g/mol. The highest BCUT2D eigenvalue weighted by molar-refractivity contribution is 6.34. The summed E-state index contributed by atoms with van der Waals surface area (Å²) in [7, 11) is 14.0. The van der Waals surface area contributed by atoms with Crippen LogP contribution in [0.25, 0.3) is 0 Å². The first-order chi connectivity index (χ1) is 18.1. The molecule has 0 aliphatic carbocycles. The van der Waals surface area contributed by atoms with Crippen LogP contribution in [0.15, 0.2) is 36.4 Å². The van der Waals surface area contributed by atoms with Crippen LogP contribution in [-0.4, -0.2) is 114 Å². The second-order valence-electron chi connectivity index (χ2n) is 9.44. The van der Waals surface area contributed by atoms with Gasteiger partial charge in [-0.2, -0.15) is 0 Å². The number of likely N-dealkylation sites (N-methyl/N-ethyl adjacent to an activating group) is 2. The first-order valence-corrected chi connectivity index (χ1v) is 12.4. The lowest BCUT2D eigenvalue weighted by atomic mass is 10.1. The lowest BCUT2D eigenvalue weighted by Crippen LogP contribution is -2.48. The molecule has 0 heterocycles. The maximum atomic E-state index is 13.6. The second kappa shape index (κ2) is 15.0. The zero-order chi connectivity index (χ0) is 28.2. The topological polar surface area (TPSA) is 84.0 Å². The van der Waals surface area contributed by atoms with Crippen LogP contribution in [-0.2, 0) is 22.7 Å². The van der Waals surface area contributed by atoms with Crippen molar-refractivity contribution >= 4 is 11.8 Å². The van der Waals surface area contributed by atoms with E-state index in [2.05, 4.69) is 0 Å². The van der Waals surface area contributed by atoms with Crippen LogP contribution < -0.4 is 18.9 Å². The molecule has 0 bridgehead atoms. The maximum absolute atomic E-state index is 13.6.